The molecular formula is C13H15BrN2O2. The molecule has 4 nitrogen and oxygen atoms in total. The molecule has 0 spiro atoms. The van der Waals surface area contributed by atoms with Crippen LogP contribution in [0.15, 0.2) is 28.7 Å². The summed E-state index contributed by atoms with van der Waals surface area (Å²) >= 11 is 3.37. The second-order valence-electron chi connectivity index (χ2n) is 4.60. The number of carbonyl (C=O) groups excluding carboxylic acids is 2. The third-order valence-corrected chi connectivity index (χ3v) is 4.02. The highest BCUT2D eigenvalue weighted by molar-refractivity contribution is 9.10. The zero-order valence-electron chi connectivity index (χ0n) is 10.4. The van der Waals surface area contributed by atoms with Crippen LogP contribution in [0.4, 0.5) is 4.79 Å². The van der Waals surface area contributed by atoms with Crippen LogP contribution >= 0.6 is 15.9 Å². The number of amides is 3. The van der Waals surface area contributed by atoms with Crippen LogP contribution in [0.3, 0.4) is 0 Å². The second kappa shape index (κ2) is 4.72. The summed E-state index contributed by atoms with van der Waals surface area (Å²) in [7, 11) is 0. The lowest BCUT2D eigenvalue weighted by atomic mass is 9.97. The Hall–Kier alpha value is -1.36. The number of rotatable bonds is 3. The summed E-state index contributed by atoms with van der Waals surface area (Å²) in [6, 6.07) is 7.42. The fraction of sp³-hybridized carbons (Fsp3) is 0.385. The van der Waals surface area contributed by atoms with E-state index < -0.39 is 5.54 Å². The summed E-state index contributed by atoms with van der Waals surface area (Å²) in [5.74, 6) is -0.216. The molecule has 1 aliphatic rings. The van der Waals surface area contributed by atoms with Gasteiger partial charge in [-0.3, -0.25) is 10.1 Å². The molecule has 1 atom stereocenters. The van der Waals surface area contributed by atoms with E-state index in [1.54, 1.807) is 11.8 Å². The summed E-state index contributed by atoms with van der Waals surface area (Å²) in [6.07, 6.45) is 0.598. The van der Waals surface area contributed by atoms with Crippen LogP contribution in [0.25, 0.3) is 0 Å². The highest BCUT2D eigenvalue weighted by atomic mass is 79.9. The molecule has 3 amide bonds. The molecule has 0 saturated carbocycles. The second-order valence-corrected chi connectivity index (χ2v) is 5.51. The van der Waals surface area contributed by atoms with Gasteiger partial charge in [0.1, 0.15) is 5.54 Å². The summed E-state index contributed by atoms with van der Waals surface area (Å²) in [5.41, 5.74) is 0.257. The Morgan fingerprint density at radius 1 is 1.28 bits per heavy atom. The van der Waals surface area contributed by atoms with Crippen molar-refractivity contribution in [1.29, 1.82) is 0 Å². The zero-order chi connectivity index (χ0) is 13.3. The predicted octanol–water partition coefficient (Wildman–Crippen LogP) is 2.67. The maximum absolute atomic E-state index is 11.8. The van der Waals surface area contributed by atoms with E-state index in [0.717, 1.165) is 10.0 Å². The minimum atomic E-state index is -0.746. The standard InChI is InChI=1S/C13H15BrN2O2/c1-3-13(2)11(17)15-12(18)16(13)8-9-4-6-10(14)7-5-9/h4-7H,3,8H2,1-2H3,(H,15,17,18). The number of halogens is 1. The highest BCUT2D eigenvalue weighted by Crippen LogP contribution is 2.27. The lowest BCUT2D eigenvalue weighted by Gasteiger charge is -2.30. The van der Waals surface area contributed by atoms with Gasteiger partial charge in [-0.1, -0.05) is 35.0 Å². The van der Waals surface area contributed by atoms with Crippen molar-refractivity contribution in [1.82, 2.24) is 10.2 Å². The molecule has 1 fully saturated rings. The van der Waals surface area contributed by atoms with Crippen molar-refractivity contribution >= 4 is 27.9 Å². The van der Waals surface area contributed by atoms with Gasteiger partial charge in [-0.25, -0.2) is 4.79 Å². The minimum absolute atomic E-state index is 0.216. The lowest BCUT2D eigenvalue weighted by molar-refractivity contribution is -0.126. The van der Waals surface area contributed by atoms with E-state index in [-0.39, 0.29) is 11.9 Å². The van der Waals surface area contributed by atoms with Crippen LogP contribution in [-0.2, 0) is 11.3 Å². The first-order valence-electron chi connectivity index (χ1n) is 5.85. The first kappa shape index (κ1) is 13.1. The molecule has 1 aromatic carbocycles. The van der Waals surface area contributed by atoms with Gasteiger partial charge in [-0.15, -0.1) is 0 Å². The number of urea groups is 1. The number of imide groups is 1. The Morgan fingerprint density at radius 3 is 2.44 bits per heavy atom. The molecule has 0 aromatic heterocycles. The number of nitrogens with zero attached hydrogens (tertiary/aromatic N) is 1. The van der Waals surface area contributed by atoms with E-state index in [9.17, 15) is 9.59 Å². The summed E-state index contributed by atoms with van der Waals surface area (Å²) < 4.78 is 0.992. The fourth-order valence-corrected chi connectivity index (χ4v) is 2.28. The maximum Gasteiger partial charge on any atom is 0.325 e. The third kappa shape index (κ3) is 2.14. The van der Waals surface area contributed by atoms with Crippen LogP contribution in [0.2, 0.25) is 0 Å². The fourth-order valence-electron chi connectivity index (χ4n) is 2.02. The molecule has 2 rings (SSSR count). The monoisotopic (exact) mass is 310 g/mol. The van der Waals surface area contributed by atoms with Gasteiger partial charge in [-0.05, 0) is 31.0 Å². The van der Waals surface area contributed by atoms with Gasteiger partial charge in [-0.2, -0.15) is 0 Å². The third-order valence-electron chi connectivity index (χ3n) is 3.49. The van der Waals surface area contributed by atoms with Crippen LogP contribution in [0.5, 0.6) is 0 Å². The average Bonchev–Trinajstić information content (AvgIpc) is 2.56. The van der Waals surface area contributed by atoms with Crippen molar-refractivity contribution in [3.63, 3.8) is 0 Å². The molecule has 1 heterocycles. The van der Waals surface area contributed by atoms with E-state index in [1.165, 1.54) is 0 Å². The molecule has 96 valence electrons. The van der Waals surface area contributed by atoms with E-state index >= 15 is 0 Å². The van der Waals surface area contributed by atoms with Crippen LogP contribution in [0, 0.1) is 0 Å². The Bertz CT molecular complexity index is 486. The molecule has 0 radical (unpaired) electrons. The zero-order valence-corrected chi connectivity index (χ0v) is 12.0. The molecular weight excluding hydrogens is 296 g/mol. The number of benzene rings is 1. The van der Waals surface area contributed by atoms with Crippen molar-refractivity contribution in [2.75, 3.05) is 0 Å². The summed E-state index contributed by atoms with van der Waals surface area (Å²) in [6.45, 7) is 4.15. The first-order chi connectivity index (χ1) is 8.47. The maximum atomic E-state index is 11.8. The van der Waals surface area contributed by atoms with Crippen molar-refractivity contribution in [2.45, 2.75) is 32.4 Å². The Kier molecular flexibility index (Phi) is 3.43. The molecule has 5 heteroatoms. The molecule has 18 heavy (non-hydrogen) atoms. The quantitative estimate of drug-likeness (QED) is 0.873. The molecule has 0 bridgehead atoms. The molecule has 0 aliphatic carbocycles. The highest BCUT2D eigenvalue weighted by Gasteiger charge is 2.47. The summed E-state index contributed by atoms with van der Waals surface area (Å²) in [4.78, 5) is 25.2. The molecule has 1 aromatic rings. The summed E-state index contributed by atoms with van der Waals surface area (Å²) in [5, 5.41) is 2.38. The van der Waals surface area contributed by atoms with Crippen LogP contribution in [0.1, 0.15) is 25.8 Å². The SMILES string of the molecule is CCC1(C)C(=O)NC(=O)N1Cc1ccc(Br)cc1. The van der Waals surface area contributed by atoms with Crippen molar-refractivity contribution < 1.29 is 9.59 Å². The van der Waals surface area contributed by atoms with Crippen molar-refractivity contribution in [3.05, 3.63) is 34.3 Å². The smallest absolute Gasteiger partial charge is 0.306 e. The lowest BCUT2D eigenvalue weighted by Crippen LogP contribution is -2.45. The van der Waals surface area contributed by atoms with Crippen molar-refractivity contribution in [3.8, 4) is 0 Å². The number of nitrogens with one attached hydrogen (secondary N) is 1. The van der Waals surface area contributed by atoms with E-state index in [1.807, 2.05) is 31.2 Å². The molecule has 1 saturated heterocycles. The van der Waals surface area contributed by atoms with E-state index in [4.69, 9.17) is 0 Å². The van der Waals surface area contributed by atoms with Gasteiger partial charge < -0.3 is 4.90 Å². The van der Waals surface area contributed by atoms with Gasteiger partial charge in [0, 0.05) is 11.0 Å². The molecule has 1 aliphatic heterocycles. The van der Waals surface area contributed by atoms with E-state index in [2.05, 4.69) is 21.2 Å². The van der Waals surface area contributed by atoms with Crippen LogP contribution in [-0.4, -0.2) is 22.4 Å². The van der Waals surface area contributed by atoms with E-state index in [0.29, 0.717) is 13.0 Å². The molecule has 1 N–H and O–H groups in total. The predicted molar refractivity (Wildman–Crippen MR) is 71.9 cm³/mol. The number of hydrogen-bond donors (Lipinski definition) is 1. The van der Waals surface area contributed by atoms with Crippen molar-refractivity contribution in [2.24, 2.45) is 0 Å². The topological polar surface area (TPSA) is 49.4 Å². The van der Waals surface area contributed by atoms with Gasteiger partial charge in [0.15, 0.2) is 0 Å². The Labute approximate surface area is 114 Å². The average molecular weight is 311 g/mol. The Morgan fingerprint density at radius 2 is 1.89 bits per heavy atom. The Balaban J connectivity index is 2.24. The first-order valence-corrected chi connectivity index (χ1v) is 6.64. The number of hydrogen-bond acceptors (Lipinski definition) is 2. The minimum Gasteiger partial charge on any atom is -0.306 e. The number of carbonyl (C=O) groups is 2. The largest absolute Gasteiger partial charge is 0.325 e. The van der Waals surface area contributed by atoms with Gasteiger partial charge in [0.2, 0.25) is 0 Å². The molecule has 1 unspecified atom stereocenters. The van der Waals surface area contributed by atoms with Gasteiger partial charge >= 0.3 is 6.03 Å². The van der Waals surface area contributed by atoms with Gasteiger partial charge in [0.05, 0.1) is 0 Å². The van der Waals surface area contributed by atoms with Gasteiger partial charge in [0.25, 0.3) is 5.91 Å². The van der Waals surface area contributed by atoms with Crippen LogP contribution < -0.4 is 5.32 Å². The normalized spacial score (nSPS) is 23.4.